The van der Waals surface area contributed by atoms with Gasteiger partial charge >= 0.3 is 0 Å². The van der Waals surface area contributed by atoms with Crippen molar-refractivity contribution < 1.29 is 4.79 Å². The van der Waals surface area contributed by atoms with Gasteiger partial charge in [0.1, 0.15) is 5.01 Å². The van der Waals surface area contributed by atoms with Gasteiger partial charge in [0.2, 0.25) is 5.91 Å². The van der Waals surface area contributed by atoms with E-state index in [0.29, 0.717) is 6.04 Å². The Morgan fingerprint density at radius 2 is 1.94 bits per heavy atom. The smallest absolute Gasteiger partial charge is 0.230 e. The predicted octanol–water partition coefficient (Wildman–Crippen LogP) is 6.06. The number of carbonyl (C=O) groups is 1. The number of nitrogens with zero attached hydrogens (tertiary/aromatic N) is 2. The van der Waals surface area contributed by atoms with Crippen LogP contribution in [0.15, 0.2) is 53.9 Å². The molecule has 4 rings (SSSR count). The highest BCUT2D eigenvalue weighted by molar-refractivity contribution is 7.13. The predicted molar refractivity (Wildman–Crippen MR) is 129 cm³/mol. The van der Waals surface area contributed by atoms with Crippen molar-refractivity contribution in [1.29, 1.82) is 0 Å². The first-order chi connectivity index (χ1) is 15.1. The first kappa shape index (κ1) is 21.7. The zero-order chi connectivity index (χ0) is 21.6. The van der Waals surface area contributed by atoms with E-state index in [1.54, 1.807) is 11.3 Å². The quantitative estimate of drug-likeness (QED) is 0.492. The van der Waals surface area contributed by atoms with E-state index in [1.807, 2.05) is 29.6 Å². The number of amides is 1. The number of aromatic nitrogens is 1. The Labute approximate surface area is 189 Å². The minimum Gasteiger partial charge on any atom is -0.325 e. The monoisotopic (exact) mass is 433 g/mol. The average Bonchev–Trinajstić information content (AvgIpc) is 3.24. The maximum atomic E-state index is 12.8. The number of rotatable bonds is 7. The van der Waals surface area contributed by atoms with Crippen molar-refractivity contribution >= 4 is 22.9 Å². The van der Waals surface area contributed by atoms with Gasteiger partial charge < -0.3 is 5.32 Å². The lowest BCUT2D eigenvalue weighted by molar-refractivity contribution is -0.115. The van der Waals surface area contributed by atoms with Crippen LogP contribution in [-0.4, -0.2) is 28.9 Å². The summed E-state index contributed by atoms with van der Waals surface area (Å²) in [5, 5.41) is 6.07. The van der Waals surface area contributed by atoms with Gasteiger partial charge in [0.25, 0.3) is 0 Å². The van der Waals surface area contributed by atoms with Crippen molar-refractivity contribution in [1.82, 2.24) is 9.88 Å². The fourth-order valence-electron chi connectivity index (χ4n) is 4.36. The van der Waals surface area contributed by atoms with Crippen LogP contribution >= 0.6 is 11.3 Å². The van der Waals surface area contributed by atoms with Crippen LogP contribution in [0.2, 0.25) is 0 Å². The Kier molecular flexibility index (Phi) is 7.15. The van der Waals surface area contributed by atoms with Crippen LogP contribution in [0, 0.1) is 6.92 Å². The molecule has 0 unspecified atom stereocenters. The largest absolute Gasteiger partial charge is 0.325 e. The minimum atomic E-state index is -0.0196. The summed E-state index contributed by atoms with van der Waals surface area (Å²) in [4.78, 5) is 19.9. The number of nitrogens with one attached hydrogen (secondary N) is 1. The van der Waals surface area contributed by atoms with Crippen molar-refractivity contribution in [3.63, 3.8) is 0 Å². The van der Waals surface area contributed by atoms with Gasteiger partial charge in [-0.15, -0.1) is 11.3 Å². The van der Waals surface area contributed by atoms with Crippen LogP contribution in [0.5, 0.6) is 0 Å². The molecule has 1 saturated carbocycles. The summed E-state index contributed by atoms with van der Waals surface area (Å²) in [6, 6.07) is 17.1. The number of anilines is 1. The second kappa shape index (κ2) is 10.2. The topological polar surface area (TPSA) is 45.2 Å². The number of hydrogen-bond donors (Lipinski definition) is 1. The molecule has 31 heavy (non-hydrogen) atoms. The van der Waals surface area contributed by atoms with Gasteiger partial charge in [-0.2, -0.15) is 0 Å². The van der Waals surface area contributed by atoms with E-state index in [0.717, 1.165) is 28.5 Å². The number of aryl methyl sites for hydroxylation is 1. The van der Waals surface area contributed by atoms with Crippen LogP contribution in [0.4, 0.5) is 5.69 Å². The average molecular weight is 434 g/mol. The highest BCUT2D eigenvalue weighted by atomic mass is 32.1. The molecule has 162 valence electrons. The summed E-state index contributed by atoms with van der Waals surface area (Å²) >= 11 is 1.59. The summed E-state index contributed by atoms with van der Waals surface area (Å²) in [7, 11) is 2.21. The van der Waals surface area contributed by atoms with Crippen molar-refractivity contribution in [2.24, 2.45) is 0 Å². The maximum absolute atomic E-state index is 12.8. The van der Waals surface area contributed by atoms with E-state index in [1.165, 1.54) is 43.2 Å². The van der Waals surface area contributed by atoms with Crippen LogP contribution in [-0.2, 0) is 17.8 Å². The molecule has 0 atom stereocenters. The minimum absolute atomic E-state index is 0.0196. The Morgan fingerprint density at radius 1 is 1.13 bits per heavy atom. The van der Waals surface area contributed by atoms with Gasteiger partial charge in [-0.3, -0.25) is 9.69 Å². The third kappa shape index (κ3) is 5.81. The van der Waals surface area contributed by atoms with Gasteiger partial charge in [-0.1, -0.05) is 61.2 Å². The molecule has 3 aromatic rings. The zero-order valence-corrected chi connectivity index (χ0v) is 19.3. The van der Waals surface area contributed by atoms with Gasteiger partial charge in [0.15, 0.2) is 0 Å². The lowest BCUT2D eigenvalue weighted by Gasteiger charge is -2.31. The van der Waals surface area contributed by atoms with E-state index >= 15 is 0 Å². The zero-order valence-electron chi connectivity index (χ0n) is 18.4. The van der Waals surface area contributed by atoms with Gasteiger partial charge in [-0.05, 0) is 44.5 Å². The summed E-state index contributed by atoms with van der Waals surface area (Å²) in [6.07, 6.45) is 6.85. The lowest BCUT2D eigenvalue weighted by Crippen LogP contribution is -2.33. The number of para-hydroxylation sites is 1. The fourth-order valence-corrected chi connectivity index (χ4v) is 5.17. The Balaban J connectivity index is 1.39. The highest BCUT2D eigenvalue weighted by Crippen LogP contribution is 2.26. The molecule has 0 aliphatic heterocycles. The molecule has 2 aromatic carbocycles. The molecule has 0 bridgehead atoms. The summed E-state index contributed by atoms with van der Waals surface area (Å²) in [5.74, 6) is -0.0196. The van der Waals surface area contributed by atoms with E-state index < -0.39 is 0 Å². The molecule has 1 amide bonds. The molecule has 4 nitrogen and oxygen atoms in total. The van der Waals surface area contributed by atoms with Crippen molar-refractivity contribution in [3.05, 3.63) is 70.7 Å². The molecule has 0 spiro atoms. The molecule has 1 aliphatic rings. The Morgan fingerprint density at radius 3 is 2.74 bits per heavy atom. The summed E-state index contributed by atoms with van der Waals surface area (Å²) < 4.78 is 0. The van der Waals surface area contributed by atoms with Crippen LogP contribution in [0.25, 0.3) is 10.6 Å². The third-order valence-corrected chi connectivity index (χ3v) is 7.01. The number of carbonyl (C=O) groups excluding carboxylic acids is 1. The van der Waals surface area contributed by atoms with Crippen molar-refractivity contribution in [2.45, 2.75) is 58.0 Å². The molecule has 5 heteroatoms. The SMILES string of the molecule is Cc1cccc(-c2nc(CC(=O)Nc3ccccc3CN(C)C3CCCCC3)cs2)c1. The van der Waals surface area contributed by atoms with E-state index in [9.17, 15) is 4.79 Å². The summed E-state index contributed by atoms with van der Waals surface area (Å²) in [5.41, 5.74) is 5.21. The molecule has 1 aliphatic carbocycles. The molecule has 1 fully saturated rings. The van der Waals surface area contributed by atoms with Crippen molar-refractivity contribution in [3.8, 4) is 10.6 Å². The van der Waals surface area contributed by atoms with Crippen LogP contribution in [0.3, 0.4) is 0 Å². The molecule has 1 aromatic heterocycles. The number of hydrogen-bond acceptors (Lipinski definition) is 4. The second-order valence-corrected chi connectivity index (χ2v) is 9.46. The first-order valence-electron chi connectivity index (χ1n) is 11.2. The normalized spacial score (nSPS) is 14.7. The van der Waals surface area contributed by atoms with E-state index in [-0.39, 0.29) is 12.3 Å². The second-order valence-electron chi connectivity index (χ2n) is 8.60. The summed E-state index contributed by atoms with van der Waals surface area (Å²) in [6.45, 7) is 2.93. The highest BCUT2D eigenvalue weighted by Gasteiger charge is 2.19. The molecule has 0 radical (unpaired) electrons. The third-order valence-electron chi connectivity index (χ3n) is 6.07. The van der Waals surface area contributed by atoms with Gasteiger partial charge in [0, 0.05) is 29.2 Å². The number of thiazole rings is 1. The molecular weight excluding hydrogens is 402 g/mol. The Bertz CT molecular complexity index is 1020. The fraction of sp³-hybridized carbons (Fsp3) is 0.385. The molecule has 1 heterocycles. The molecular formula is C26H31N3OS. The van der Waals surface area contributed by atoms with Gasteiger partial charge in [0.05, 0.1) is 12.1 Å². The van der Waals surface area contributed by atoms with Gasteiger partial charge in [-0.25, -0.2) is 4.98 Å². The van der Waals surface area contributed by atoms with Crippen LogP contribution in [0.1, 0.15) is 48.9 Å². The maximum Gasteiger partial charge on any atom is 0.230 e. The van der Waals surface area contributed by atoms with E-state index in [2.05, 4.69) is 53.4 Å². The van der Waals surface area contributed by atoms with Crippen molar-refractivity contribution in [2.75, 3.05) is 12.4 Å². The molecule has 1 N–H and O–H groups in total. The molecule has 0 saturated heterocycles. The Hall–Kier alpha value is -2.50. The number of benzene rings is 2. The van der Waals surface area contributed by atoms with Crippen LogP contribution < -0.4 is 5.32 Å². The first-order valence-corrected chi connectivity index (χ1v) is 12.1. The van der Waals surface area contributed by atoms with E-state index in [4.69, 9.17) is 0 Å². The lowest BCUT2D eigenvalue weighted by atomic mass is 9.94. The standard InChI is InChI=1S/C26H31N3OS/c1-19-9-8-11-20(15-19)26-27-22(18-31-26)16-25(30)28-24-14-7-6-10-21(24)17-29(2)23-12-4-3-5-13-23/h6-11,14-15,18,23H,3-5,12-13,16-17H2,1-2H3,(H,28,30).